The van der Waals surface area contributed by atoms with Crippen LogP contribution in [0.2, 0.25) is 0 Å². The fourth-order valence-corrected chi connectivity index (χ4v) is 0.275. The van der Waals surface area contributed by atoms with Gasteiger partial charge in [-0.1, -0.05) is 0 Å². The van der Waals surface area contributed by atoms with Gasteiger partial charge in [0.05, 0.1) is 0 Å². The molecular weight excluding hydrogens is 78.0 g/mol. The van der Waals surface area contributed by atoms with Crippen LogP contribution in [0.3, 0.4) is 0 Å². The minimum absolute atomic E-state index is 0.0509. The molecule has 0 spiro atoms. The lowest BCUT2D eigenvalue weighted by Crippen LogP contribution is -2.28. The summed E-state index contributed by atoms with van der Waals surface area (Å²) in [5.74, 6) is 0.0509. The number of carbonyl (C=O) groups is 1. The molecule has 2 heteroatoms. The third kappa shape index (κ3) is 0.233. The highest BCUT2D eigenvalue weighted by atomic mass is 16.2. The van der Waals surface area contributed by atoms with Gasteiger partial charge in [0.1, 0.15) is 0 Å². The second kappa shape index (κ2) is 0.834. The van der Waals surface area contributed by atoms with E-state index < -0.39 is 0 Å². The Morgan fingerprint density at radius 2 is 2.33 bits per heavy atom. The molecule has 0 unspecified atom stereocenters. The summed E-state index contributed by atoms with van der Waals surface area (Å²) in [6, 6.07) is 0. The predicted octanol–water partition coefficient (Wildman–Crippen LogP) is 0.0200. The second-order valence-corrected chi connectivity index (χ2v) is 1.30. The Balaban J connectivity index is 2.75. The lowest BCUT2D eigenvalue weighted by Gasteiger charge is -2.07. The maximum absolute atomic E-state index is 10.1. The first-order valence-electron chi connectivity index (χ1n) is 1.78. The molecular formula is C4H5NO. The number of hydrogen-bond acceptors (Lipinski definition) is 1. The molecule has 0 aromatic heterocycles. The van der Waals surface area contributed by atoms with Crippen LogP contribution in [0, 0.1) is 0 Å². The Bertz CT molecular complexity index is 115. The average Bonchev–Trinajstić information content (AvgIpc) is 1.61. The maximum atomic E-state index is 10.1. The summed E-state index contributed by atoms with van der Waals surface area (Å²) in [6.07, 6.45) is 1.68. The van der Waals surface area contributed by atoms with Crippen LogP contribution < -0.4 is 5.32 Å². The SMILES string of the molecule is CC1=CNC1=O. The van der Waals surface area contributed by atoms with E-state index in [9.17, 15) is 4.79 Å². The average molecular weight is 83.1 g/mol. The lowest BCUT2D eigenvalue weighted by molar-refractivity contribution is -0.118. The van der Waals surface area contributed by atoms with Crippen LogP contribution in [0.15, 0.2) is 11.8 Å². The van der Waals surface area contributed by atoms with E-state index >= 15 is 0 Å². The molecule has 0 bridgehead atoms. The van der Waals surface area contributed by atoms with Gasteiger partial charge in [0, 0.05) is 11.8 Å². The van der Waals surface area contributed by atoms with Crippen LogP contribution in [0.1, 0.15) is 6.92 Å². The van der Waals surface area contributed by atoms with Crippen LogP contribution in [-0.4, -0.2) is 5.91 Å². The molecule has 0 saturated heterocycles. The maximum Gasteiger partial charge on any atom is 0.252 e. The summed E-state index contributed by atoms with van der Waals surface area (Å²) >= 11 is 0. The quantitative estimate of drug-likeness (QED) is 0.439. The second-order valence-electron chi connectivity index (χ2n) is 1.30. The van der Waals surface area contributed by atoms with Gasteiger partial charge in [-0.05, 0) is 6.92 Å². The summed E-state index contributed by atoms with van der Waals surface area (Å²) in [7, 11) is 0. The topological polar surface area (TPSA) is 29.1 Å². The van der Waals surface area contributed by atoms with Crippen molar-refractivity contribution in [3.8, 4) is 0 Å². The molecule has 1 amide bonds. The number of amides is 1. The number of rotatable bonds is 0. The number of carbonyl (C=O) groups excluding carboxylic acids is 1. The Labute approximate surface area is 35.9 Å². The molecule has 1 aliphatic rings. The Morgan fingerprint density at radius 1 is 1.83 bits per heavy atom. The third-order valence-electron chi connectivity index (χ3n) is 0.778. The number of hydrogen-bond donors (Lipinski definition) is 1. The van der Waals surface area contributed by atoms with E-state index in [4.69, 9.17) is 0 Å². The van der Waals surface area contributed by atoms with Gasteiger partial charge < -0.3 is 5.32 Å². The summed E-state index contributed by atoms with van der Waals surface area (Å²) in [5, 5.41) is 2.46. The van der Waals surface area contributed by atoms with Crippen molar-refractivity contribution in [3.63, 3.8) is 0 Å². The molecule has 1 rings (SSSR count). The van der Waals surface area contributed by atoms with Crippen LogP contribution in [0.25, 0.3) is 0 Å². The van der Waals surface area contributed by atoms with Gasteiger partial charge in [-0.25, -0.2) is 0 Å². The molecule has 1 heterocycles. The first-order valence-corrected chi connectivity index (χ1v) is 1.78. The molecule has 0 fully saturated rings. The summed E-state index contributed by atoms with van der Waals surface area (Å²) in [6.45, 7) is 1.78. The molecule has 0 aromatic rings. The first-order chi connectivity index (χ1) is 2.80. The highest BCUT2D eigenvalue weighted by Crippen LogP contribution is 1.97. The van der Waals surface area contributed by atoms with Gasteiger partial charge >= 0.3 is 0 Å². The van der Waals surface area contributed by atoms with Crippen LogP contribution in [0.5, 0.6) is 0 Å². The van der Waals surface area contributed by atoms with Gasteiger partial charge in [0.2, 0.25) is 0 Å². The molecule has 1 aliphatic heterocycles. The normalized spacial score (nSPS) is 18.2. The van der Waals surface area contributed by atoms with Gasteiger partial charge in [0.25, 0.3) is 5.91 Å². The molecule has 0 atom stereocenters. The first kappa shape index (κ1) is 3.40. The summed E-state index contributed by atoms with van der Waals surface area (Å²) < 4.78 is 0. The fourth-order valence-electron chi connectivity index (χ4n) is 0.275. The van der Waals surface area contributed by atoms with E-state index in [-0.39, 0.29) is 5.91 Å². The smallest absolute Gasteiger partial charge is 0.252 e. The van der Waals surface area contributed by atoms with E-state index in [1.165, 1.54) is 0 Å². The van der Waals surface area contributed by atoms with Gasteiger partial charge in [0.15, 0.2) is 0 Å². The monoisotopic (exact) mass is 83.0 g/mol. The van der Waals surface area contributed by atoms with Crippen molar-refractivity contribution in [1.29, 1.82) is 0 Å². The summed E-state index contributed by atoms with van der Waals surface area (Å²) in [4.78, 5) is 10.1. The van der Waals surface area contributed by atoms with Crippen LogP contribution >= 0.6 is 0 Å². The van der Waals surface area contributed by atoms with Gasteiger partial charge in [-0.2, -0.15) is 0 Å². The summed E-state index contributed by atoms with van der Waals surface area (Å²) in [5.41, 5.74) is 0.815. The molecule has 0 saturated carbocycles. The van der Waals surface area contributed by atoms with Crippen LogP contribution in [0.4, 0.5) is 0 Å². The van der Waals surface area contributed by atoms with Gasteiger partial charge in [-0.3, -0.25) is 4.79 Å². The largest absolute Gasteiger partial charge is 0.328 e. The highest BCUT2D eigenvalue weighted by Gasteiger charge is 2.08. The van der Waals surface area contributed by atoms with Crippen molar-refractivity contribution < 1.29 is 4.79 Å². The molecule has 6 heavy (non-hydrogen) atoms. The Hall–Kier alpha value is -0.790. The van der Waals surface area contributed by atoms with Crippen molar-refractivity contribution in [2.75, 3.05) is 0 Å². The standard InChI is InChI=1S/C4H5NO/c1-3-2-5-4(3)6/h2H,1H3,(H,5,6). The minimum atomic E-state index is 0.0509. The van der Waals surface area contributed by atoms with Crippen molar-refractivity contribution >= 4 is 5.91 Å². The molecule has 0 aromatic carbocycles. The molecule has 0 aliphatic carbocycles. The van der Waals surface area contributed by atoms with E-state index in [0.717, 1.165) is 5.57 Å². The lowest BCUT2D eigenvalue weighted by atomic mass is 10.2. The van der Waals surface area contributed by atoms with E-state index in [1.54, 1.807) is 13.1 Å². The molecule has 32 valence electrons. The molecule has 2 nitrogen and oxygen atoms in total. The fraction of sp³-hybridized carbons (Fsp3) is 0.250. The Kier molecular flexibility index (Phi) is 0.473. The van der Waals surface area contributed by atoms with E-state index in [2.05, 4.69) is 5.32 Å². The van der Waals surface area contributed by atoms with Crippen LogP contribution in [-0.2, 0) is 4.79 Å². The van der Waals surface area contributed by atoms with Crippen molar-refractivity contribution in [3.05, 3.63) is 11.8 Å². The minimum Gasteiger partial charge on any atom is -0.328 e. The Morgan fingerprint density at radius 3 is 2.33 bits per heavy atom. The zero-order valence-electron chi connectivity index (χ0n) is 3.49. The third-order valence-corrected chi connectivity index (χ3v) is 0.778. The van der Waals surface area contributed by atoms with E-state index in [0.29, 0.717) is 0 Å². The zero-order valence-corrected chi connectivity index (χ0v) is 3.49. The van der Waals surface area contributed by atoms with Crippen molar-refractivity contribution in [2.24, 2.45) is 0 Å². The number of nitrogens with one attached hydrogen (secondary N) is 1. The highest BCUT2D eigenvalue weighted by molar-refractivity contribution is 5.99. The zero-order chi connectivity index (χ0) is 4.57. The van der Waals surface area contributed by atoms with Gasteiger partial charge in [-0.15, -0.1) is 0 Å². The van der Waals surface area contributed by atoms with Crippen molar-refractivity contribution in [2.45, 2.75) is 6.92 Å². The molecule has 0 radical (unpaired) electrons. The molecule has 1 N–H and O–H groups in total. The van der Waals surface area contributed by atoms with Crippen molar-refractivity contribution in [1.82, 2.24) is 5.32 Å². The predicted molar refractivity (Wildman–Crippen MR) is 21.9 cm³/mol. The van der Waals surface area contributed by atoms with E-state index in [1.807, 2.05) is 0 Å².